The highest BCUT2D eigenvalue weighted by atomic mass is 32.1. The van der Waals surface area contributed by atoms with Gasteiger partial charge in [0.2, 0.25) is 0 Å². The number of anilines is 1. The molecule has 3 aromatic rings. The molecule has 1 aromatic heterocycles. The number of nitrogens with one attached hydrogen (secondary N) is 1. The van der Waals surface area contributed by atoms with Crippen LogP contribution in [0.4, 0.5) is 5.69 Å². The Bertz CT molecular complexity index is 750. The minimum atomic E-state index is 0.647. The highest BCUT2D eigenvalue weighted by molar-refractivity contribution is 7.21. The summed E-state index contributed by atoms with van der Waals surface area (Å²) in [5.74, 6) is 0. The molecule has 0 saturated heterocycles. The number of rotatable bonds is 2. The Morgan fingerprint density at radius 2 is 2.05 bits per heavy atom. The summed E-state index contributed by atoms with van der Waals surface area (Å²) < 4.78 is 1.15. The average Bonchev–Trinajstić information content (AvgIpc) is 2.90. The Morgan fingerprint density at radius 3 is 2.79 bits per heavy atom. The van der Waals surface area contributed by atoms with Crippen molar-refractivity contribution in [3.05, 3.63) is 48.0 Å². The third-order valence-corrected chi connectivity index (χ3v) is 4.01. The van der Waals surface area contributed by atoms with Gasteiger partial charge in [-0.05, 0) is 30.3 Å². The lowest BCUT2D eigenvalue weighted by Crippen LogP contribution is -1.92. The van der Waals surface area contributed by atoms with E-state index in [2.05, 4.69) is 22.4 Å². The SMILES string of the molecule is CNc1ccc(C#N)cc1-c1nc2ccccc2s1. The van der Waals surface area contributed by atoms with E-state index in [0.717, 1.165) is 26.5 Å². The minimum absolute atomic E-state index is 0.647. The number of benzene rings is 2. The van der Waals surface area contributed by atoms with E-state index in [4.69, 9.17) is 5.26 Å². The van der Waals surface area contributed by atoms with Crippen LogP contribution in [-0.4, -0.2) is 12.0 Å². The van der Waals surface area contributed by atoms with Gasteiger partial charge in [-0.25, -0.2) is 4.98 Å². The standard InChI is InChI=1S/C15H11N3S/c1-17-12-7-6-10(9-16)8-11(12)15-18-13-4-2-3-5-14(13)19-15/h2-8,17H,1H3. The Hall–Kier alpha value is -2.38. The zero-order valence-corrected chi connectivity index (χ0v) is 11.2. The summed E-state index contributed by atoms with van der Waals surface area (Å²) in [4.78, 5) is 4.64. The van der Waals surface area contributed by atoms with Crippen LogP contribution in [0.15, 0.2) is 42.5 Å². The molecule has 0 saturated carbocycles. The summed E-state index contributed by atoms with van der Waals surface area (Å²) >= 11 is 1.64. The molecule has 0 bridgehead atoms. The van der Waals surface area contributed by atoms with Crippen LogP contribution in [0.1, 0.15) is 5.56 Å². The lowest BCUT2D eigenvalue weighted by molar-refractivity contribution is 1.43. The summed E-state index contributed by atoms with van der Waals surface area (Å²) in [7, 11) is 1.87. The smallest absolute Gasteiger partial charge is 0.126 e. The average molecular weight is 265 g/mol. The van der Waals surface area contributed by atoms with Crippen LogP contribution >= 0.6 is 11.3 Å². The Morgan fingerprint density at radius 1 is 1.21 bits per heavy atom. The highest BCUT2D eigenvalue weighted by Gasteiger charge is 2.10. The second-order valence-electron chi connectivity index (χ2n) is 4.11. The van der Waals surface area contributed by atoms with Crippen LogP contribution in [0.2, 0.25) is 0 Å². The van der Waals surface area contributed by atoms with E-state index in [1.165, 1.54) is 0 Å². The van der Waals surface area contributed by atoms with Crippen molar-refractivity contribution in [3.63, 3.8) is 0 Å². The monoisotopic (exact) mass is 265 g/mol. The number of hydrogen-bond donors (Lipinski definition) is 1. The van der Waals surface area contributed by atoms with Crippen molar-refractivity contribution in [1.29, 1.82) is 5.26 Å². The molecular weight excluding hydrogens is 254 g/mol. The first-order valence-corrected chi connectivity index (χ1v) is 6.71. The van der Waals surface area contributed by atoms with E-state index >= 15 is 0 Å². The van der Waals surface area contributed by atoms with Gasteiger partial charge in [-0.15, -0.1) is 11.3 Å². The van der Waals surface area contributed by atoms with Gasteiger partial charge >= 0.3 is 0 Å². The Labute approximate surface area is 115 Å². The van der Waals surface area contributed by atoms with Crippen LogP contribution in [-0.2, 0) is 0 Å². The maximum absolute atomic E-state index is 9.02. The maximum atomic E-state index is 9.02. The molecule has 0 aliphatic rings. The molecular formula is C15H11N3S. The van der Waals surface area contributed by atoms with E-state index in [0.29, 0.717) is 5.56 Å². The first-order valence-electron chi connectivity index (χ1n) is 5.89. The second-order valence-corrected chi connectivity index (χ2v) is 5.14. The van der Waals surface area contributed by atoms with E-state index in [9.17, 15) is 0 Å². The van der Waals surface area contributed by atoms with Gasteiger partial charge in [0, 0.05) is 18.3 Å². The highest BCUT2D eigenvalue weighted by Crippen LogP contribution is 2.34. The van der Waals surface area contributed by atoms with Crippen molar-refractivity contribution in [2.75, 3.05) is 12.4 Å². The summed E-state index contributed by atoms with van der Waals surface area (Å²) in [5, 5.41) is 13.1. The van der Waals surface area contributed by atoms with Crippen molar-refractivity contribution in [2.24, 2.45) is 0 Å². The third kappa shape index (κ3) is 2.05. The summed E-state index contributed by atoms with van der Waals surface area (Å²) in [5.41, 5.74) is 3.60. The van der Waals surface area contributed by atoms with Crippen molar-refractivity contribution in [1.82, 2.24) is 4.98 Å². The van der Waals surface area contributed by atoms with Gasteiger partial charge in [0.25, 0.3) is 0 Å². The molecule has 0 unspecified atom stereocenters. The molecule has 19 heavy (non-hydrogen) atoms. The normalized spacial score (nSPS) is 10.3. The number of nitrogens with zero attached hydrogens (tertiary/aromatic N) is 2. The largest absolute Gasteiger partial charge is 0.388 e. The predicted octanol–water partition coefficient (Wildman–Crippen LogP) is 3.88. The van der Waals surface area contributed by atoms with Crippen molar-refractivity contribution in [2.45, 2.75) is 0 Å². The lowest BCUT2D eigenvalue weighted by atomic mass is 10.1. The number of thiazole rings is 1. The summed E-state index contributed by atoms with van der Waals surface area (Å²) in [6.07, 6.45) is 0. The van der Waals surface area contributed by atoms with Gasteiger partial charge in [0.1, 0.15) is 5.01 Å². The van der Waals surface area contributed by atoms with E-state index in [1.54, 1.807) is 11.3 Å². The first-order chi connectivity index (χ1) is 9.31. The Kier molecular flexibility index (Phi) is 2.90. The molecule has 0 aliphatic heterocycles. The maximum Gasteiger partial charge on any atom is 0.126 e. The van der Waals surface area contributed by atoms with E-state index in [1.807, 2.05) is 43.4 Å². The quantitative estimate of drug-likeness (QED) is 0.765. The molecule has 0 fully saturated rings. The number of nitriles is 1. The van der Waals surface area contributed by atoms with Crippen molar-refractivity contribution < 1.29 is 0 Å². The molecule has 0 atom stereocenters. The number of para-hydroxylation sites is 1. The molecule has 92 valence electrons. The van der Waals surface area contributed by atoms with E-state index in [-0.39, 0.29) is 0 Å². The lowest BCUT2D eigenvalue weighted by Gasteiger charge is -2.06. The third-order valence-electron chi connectivity index (χ3n) is 2.94. The number of hydrogen-bond acceptors (Lipinski definition) is 4. The molecule has 4 heteroatoms. The molecule has 3 nitrogen and oxygen atoms in total. The number of fused-ring (bicyclic) bond motifs is 1. The summed E-state index contributed by atoms with van der Waals surface area (Å²) in [6.45, 7) is 0. The second kappa shape index (κ2) is 4.71. The molecule has 1 heterocycles. The van der Waals surface area contributed by atoms with Crippen LogP contribution in [0.3, 0.4) is 0 Å². The van der Waals surface area contributed by atoms with Crippen molar-refractivity contribution in [3.8, 4) is 16.6 Å². The molecule has 2 aromatic carbocycles. The van der Waals surface area contributed by atoms with Gasteiger partial charge in [-0.1, -0.05) is 12.1 Å². The van der Waals surface area contributed by atoms with Gasteiger partial charge in [-0.3, -0.25) is 0 Å². The number of aromatic nitrogens is 1. The van der Waals surface area contributed by atoms with Crippen LogP contribution in [0, 0.1) is 11.3 Å². The van der Waals surface area contributed by atoms with Crippen LogP contribution in [0.25, 0.3) is 20.8 Å². The minimum Gasteiger partial charge on any atom is -0.388 e. The van der Waals surface area contributed by atoms with E-state index < -0.39 is 0 Å². The zero-order valence-electron chi connectivity index (χ0n) is 10.3. The fourth-order valence-corrected chi connectivity index (χ4v) is 2.99. The molecule has 0 amide bonds. The first kappa shape index (κ1) is 11.7. The molecule has 1 N–H and O–H groups in total. The van der Waals surface area contributed by atoms with Crippen LogP contribution in [0.5, 0.6) is 0 Å². The van der Waals surface area contributed by atoms with Gasteiger partial charge in [0.05, 0.1) is 21.8 Å². The van der Waals surface area contributed by atoms with Crippen molar-refractivity contribution >= 4 is 27.2 Å². The molecule has 3 rings (SSSR count). The van der Waals surface area contributed by atoms with Gasteiger partial charge < -0.3 is 5.32 Å². The van der Waals surface area contributed by atoms with Gasteiger partial charge in [0.15, 0.2) is 0 Å². The fourth-order valence-electron chi connectivity index (χ4n) is 2.00. The Balaban J connectivity index is 2.22. The molecule has 0 aliphatic carbocycles. The molecule has 0 spiro atoms. The van der Waals surface area contributed by atoms with Crippen LogP contribution < -0.4 is 5.32 Å². The zero-order chi connectivity index (χ0) is 13.2. The fraction of sp³-hybridized carbons (Fsp3) is 0.0667. The van der Waals surface area contributed by atoms with Gasteiger partial charge in [-0.2, -0.15) is 5.26 Å². The topological polar surface area (TPSA) is 48.7 Å². The predicted molar refractivity (Wildman–Crippen MR) is 79.3 cm³/mol. The summed E-state index contributed by atoms with van der Waals surface area (Å²) in [6, 6.07) is 15.8. The molecule has 0 radical (unpaired) electrons.